The van der Waals surface area contributed by atoms with E-state index in [-0.39, 0.29) is 6.10 Å². The van der Waals surface area contributed by atoms with Gasteiger partial charge in [-0.1, -0.05) is 32.1 Å². The van der Waals surface area contributed by atoms with Crippen molar-refractivity contribution in [3.05, 3.63) is 0 Å². The van der Waals surface area contributed by atoms with E-state index in [9.17, 15) is 9.90 Å². The lowest BCUT2D eigenvalue weighted by molar-refractivity contribution is -0.137. The molecule has 1 amide bonds. The molecule has 2 saturated heterocycles. The largest absolute Gasteiger partial charge is 0.393 e. The summed E-state index contributed by atoms with van der Waals surface area (Å²) in [6, 6.07) is 0.678. The fraction of sp³-hybridized carbons (Fsp3) is 0.941. The van der Waals surface area contributed by atoms with Gasteiger partial charge in [-0.3, -0.25) is 4.79 Å². The van der Waals surface area contributed by atoms with Crippen molar-refractivity contribution in [1.82, 2.24) is 4.90 Å². The summed E-state index contributed by atoms with van der Waals surface area (Å²) >= 11 is 0. The van der Waals surface area contributed by atoms with Crippen LogP contribution in [0.4, 0.5) is 0 Å². The molecule has 2 bridgehead atoms. The van der Waals surface area contributed by atoms with Gasteiger partial charge >= 0.3 is 0 Å². The zero-order chi connectivity index (χ0) is 13.9. The molecule has 0 aromatic heterocycles. The fourth-order valence-electron chi connectivity index (χ4n) is 4.70. The molecular weight excluding hydrogens is 250 g/mol. The molecule has 0 radical (unpaired) electrons. The average molecular weight is 279 g/mol. The van der Waals surface area contributed by atoms with Gasteiger partial charge in [0.25, 0.3) is 0 Å². The summed E-state index contributed by atoms with van der Waals surface area (Å²) in [7, 11) is 0. The first-order valence-electron chi connectivity index (χ1n) is 8.73. The van der Waals surface area contributed by atoms with Gasteiger partial charge in [-0.25, -0.2) is 0 Å². The van der Waals surface area contributed by atoms with Gasteiger partial charge in [0.15, 0.2) is 0 Å². The number of hydrogen-bond acceptors (Lipinski definition) is 2. The molecule has 3 rings (SSSR count). The Hall–Kier alpha value is -0.570. The van der Waals surface area contributed by atoms with Crippen LogP contribution in [0.15, 0.2) is 0 Å². The fourth-order valence-corrected chi connectivity index (χ4v) is 4.70. The van der Waals surface area contributed by atoms with Gasteiger partial charge in [0.1, 0.15) is 0 Å². The lowest BCUT2D eigenvalue weighted by Crippen LogP contribution is -2.47. The first kappa shape index (κ1) is 14.4. The minimum Gasteiger partial charge on any atom is -0.393 e. The van der Waals surface area contributed by atoms with Gasteiger partial charge < -0.3 is 10.0 Å². The molecule has 1 saturated carbocycles. The maximum absolute atomic E-state index is 12.5. The van der Waals surface area contributed by atoms with Crippen molar-refractivity contribution in [2.45, 2.75) is 95.2 Å². The van der Waals surface area contributed by atoms with Gasteiger partial charge in [0, 0.05) is 18.5 Å². The third-order valence-electron chi connectivity index (χ3n) is 5.72. The smallest absolute Gasteiger partial charge is 0.223 e. The van der Waals surface area contributed by atoms with Crippen LogP contribution in [0.3, 0.4) is 0 Å². The first-order chi connectivity index (χ1) is 9.74. The lowest BCUT2D eigenvalue weighted by atomic mass is 9.85. The summed E-state index contributed by atoms with van der Waals surface area (Å²) in [5.41, 5.74) is 0. The zero-order valence-electron chi connectivity index (χ0n) is 12.6. The Morgan fingerprint density at radius 1 is 1.00 bits per heavy atom. The van der Waals surface area contributed by atoms with Crippen molar-refractivity contribution in [2.75, 3.05) is 0 Å². The van der Waals surface area contributed by atoms with Crippen LogP contribution in [0.5, 0.6) is 0 Å². The molecule has 3 aliphatic rings. The van der Waals surface area contributed by atoms with Crippen LogP contribution >= 0.6 is 0 Å². The maximum atomic E-state index is 12.5. The monoisotopic (exact) mass is 279 g/mol. The molecule has 2 aliphatic heterocycles. The van der Waals surface area contributed by atoms with Gasteiger partial charge in [-0.05, 0) is 44.4 Å². The van der Waals surface area contributed by atoms with E-state index in [0.717, 1.165) is 44.4 Å². The lowest BCUT2D eigenvalue weighted by Gasteiger charge is -2.37. The first-order valence-corrected chi connectivity index (χ1v) is 8.73. The van der Waals surface area contributed by atoms with E-state index in [1.54, 1.807) is 0 Å². The van der Waals surface area contributed by atoms with Crippen LogP contribution in [-0.2, 0) is 4.79 Å². The highest BCUT2D eigenvalue weighted by molar-refractivity contribution is 5.77. The van der Waals surface area contributed by atoms with E-state index in [0.29, 0.717) is 18.0 Å². The predicted octanol–water partition coefficient (Wildman–Crippen LogP) is 3.25. The van der Waals surface area contributed by atoms with Crippen LogP contribution < -0.4 is 0 Å². The van der Waals surface area contributed by atoms with Crippen molar-refractivity contribution in [2.24, 2.45) is 5.92 Å². The summed E-state index contributed by atoms with van der Waals surface area (Å²) in [6.45, 7) is 0. The summed E-state index contributed by atoms with van der Waals surface area (Å²) in [4.78, 5) is 14.6. The van der Waals surface area contributed by atoms with E-state index >= 15 is 0 Å². The van der Waals surface area contributed by atoms with Crippen LogP contribution in [0.2, 0.25) is 0 Å². The molecule has 2 heterocycles. The van der Waals surface area contributed by atoms with Crippen LogP contribution in [0.1, 0.15) is 77.0 Å². The van der Waals surface area contributed by atoms with Gasteiger partial charge in [0.2, 0.25) is 5.91 Å². The quantitative estimate of drug-likeness (QED) is 0.858. The number of aliphatic hydroxyl groups excluding tert-OH is 1. The third-order valence-corrected chi connectivity index (χ3v) is 5.72. The number of rotatable bonds is 4. The van der Waals surface area contributed by atoms with E-state index < -0.39 is 0 Å². The van der Waals surface area contributed by atoms with E-state index in [1.165, 1.54) is 38.5 Å². The molecule has 3 fully saturated rings. The Morgan fingerprint density at radius 3 is 2.30 bits per heavy atom. The number of carbonyl (C=O) groups excluding carboxylic acids is 1. The second-order valence-corrected chi connectivity index (χ2v) is 7.21. The number of fused-ring (bicyclic) bond motifs is 2. The Labute approximate surface area is 122 Å². The second-order valence-electron chi connectivity index (χ2n) is 7.21. The number of hydrogen-bond donors (Lipinski definition) is 1. The van der Waals surface area contributed by atoms with Crippen LogP contribution in [0.25, 0.3) is 0 Å². The maximum Gasteiger partial charge on any atom is 0.223 e. The number of aliphatic hydroxyl groups is 1. The molecule has 0 spiro atoms. The summed E-state index contributed by atoms with van der Waals surface area (Å²) < 4.78 is 0. The third kappa shape index (κ3) is 3.19. The Kier molecular flexibility index (Phi) is 4.65. The molecule has 20 heavy (non-hydrogen) atoms. The van der Waals surface area contributed by atoms with E-state index in [4.69, 9.17) is 0 Å². The zero-order valence-corrected chi connectivity index (χ0v) is 12.6. The topological polar surface area (TPSA) is 40.5 Å². The predicted molar refractivity (Wildman–Crippen MR) is 79.3 cm³/mol. The number of carbonyl (C=O) groups is 1. The highest BCUT2D eigenvalue weighted by Crippen LogP contribution is 2.36. The average Bonchev–Trinajstić information content (AvgIpc) is 2.72. The van der Waals surface area contributed by atoms with E-state index in [1.807, 2.05) is 0 Å². The molecule has 0 aromatic carbocycles. The molecule has 114 valence electrons. The number of piperidine rings is 1. The standard InChI is InChI=1S/C17H29NO2/c19-16-11-14-9-10-15(12-16)18(14)17(20)8-4-7-13-5-2-1-3-6-13/h13-16,19H,1-12H2. The molecular formula is C17H29NO2. The highest BCUT2D eigenvalue weighted by atomic mass is 16.3. The molecule has 1 aliphatic carbocycles. The van der Waals surface area contributed by atoms with Crippen LogP contribution in [0, 0.1) is 5.92 Å². The van der Waals surface area contributed by atoms with E-state index in [2.05, 4.69) is 4.90 Å². The van der Waals surface area contributed by atoms with Gasteiger partial charge in [-0.15, -0.1) is 0 Å². The number of amides is 1. The normalized spacial score (nSPS) is 34.5. The summed E-state index contributed by atoms with van der Waals surface area (Å²) in [6.07, 6.45) is 13.7. The highest BCUT2D eigenvalue weighted by Gasteiger charge is 2.42. The Bertz CT molecular complexity index is 324. The van der Waals surface area contributed by atoms with Gasteiger partial charge in [-0.2, -0.15) is 0 Å². The molecule has 1 N–H and O–H groups in total. The molecule has 3 heteroatoms. The van der Waals surface area contributed by atoms with Crippen molar-refractivity contribution in [3.8, 4) is 0 Å². The van der Waals surface area contributed by atoms with Crippen molar-refractivity contribution in [3.63, 3.8) is 0 Å². The molecule has 3 nitrogen and oxygen atoms in total. The van der Waals surface area contributed by atoms with Crippen molar-refractivity contribution >= 4 is 5.91 Å². The number of nitrogens with zero attached hydrogens (tertiary/aromatic N) is 1. The molecule has 2 unspecified atom stereocenters. The van der Waals surface area contributed by atoms with Crippen LogP contribution in [-0.4, -0.2) is 34.1 Å². The van der Waals surface area contributed by atoms with Crippen molar-refractivity contribution in [1.29, 1.82) is 0 Å². The molecule has 2 atom stereocenters. The van der Waals surface area contributed by atoms with Crippen molar-refractivity contribution < 1.29 is 9.90 Å². The van der Waals surface area contributed by atoms with Gasteiger partial charge in [0.05, 0.1) is 6.10 Å². The summed E-state index contributed by atoms with van der Waals surface area (Å²) in [5, 5.41) is 9.80. The second kappa shape index (κ2) is 6.46. The summed E-state index contributed by atoms with van der Waals surface area (Å²) in [5.74, 6) is 1.25. The minimum absolute atomic E-state index is 0.168. The SMILES string of the molecule is O=C(CCCC1CCCCC1)N1C2CCC1CC(O)C2. The molecule has 0 aromatic rings. The Morgan fingerprint density at radius 2 is 1.65 bits per heavy atom. The Balaban J connectivity index is 1.43. The minimum atomic E-state index is -0.168.